The van der Waals surface area contributed by atoms with Crippen molar-refractivity contribution in [2.75, 3.05) is 20.7 Å². The van der Waals surface area contributed by atoms with Gasteiger partial charge in [-0.2, -0.15) is 0 Å². The average Bonchev–Trinajstić information content (AvgIpc) is 2.38. The molecule has 1 aromatic carbocycles. The minimum absolute atomic E-state index is 0.138. The molecule has 0 spiro atoms. The van der Waals surface area contributed by atoms with Crippen LogP contribution in [0.1, 0.15) is 15.9 Å². The van der Waals surface area contributed by atoms with E-state index < -0.39 is 10.9 Å². The highest BCUT2D eigenvalue weighted by atomic mass is 16.6. The van der Waals surface area contributed by atoms with E-state index in [-0.39, 0.29) is 11.3 Å². The van der Waals surface area contributed by atoms with Crippen LogP contribution in [0.25, 0.3) is 6.08 Å². The van der Waals surface area contributed by atoms with Gasteiger partial charge in [-0.1, -0.05) is 12.2 Å². The van der Waals surface area contributed by atoms with Gasteiger partial charge in [0.1, 0.15) is 0 Å². The van der Waals surface area contributed by atoms with Gasteiger partial charge >= 0.3 is 5.97 Å². The van der Waals surface area contributed by atoms with Crippen LogP contribution in [-0.4, -0.2) is 31.6 Å². The Bertz CT molecular complexity index is 483. The molecule has 0 aliphatic heterocycles. The molecule has 1 aromatic rings. The number of likely N-dealkylation sites (N-methyl/N-ethyl adjacent to an activating group) is 1. The number of hydrogen-bond donors (Lipinski definition) is 1. The number of hydrogen-bond acceptors (Lipinski definition) is 5. The molecule has 1 N–H and O–H groups in total. The molecular formula is C12H14N2O4. The first-order chi connectivity index (χ1) is 8.60. The number of carbonyl (C=O) groups is 1. The van der Waals surface area contributed by atoms with Gasteiger partial charge in [0, 0.05) is 18.7 Å². The second-order valence-corrected chi connectivity index (χ2v) is 3.48. The molecule has 0 heterocycles. The third-order valence-corrected chi connectivity index (χ3v) is 2.27. The zero-order valence-electron chi connectivity index (χ0n) is 10.2. The summed E-state index contributed by atoms with van der Waals surface area (Å²) < 4.78 is 4.61. The quantitative estimate of drug-likeness (QED) is 0.488. The van der Waals surface area contributed by atoms with Gasteiger partial charge in [0.05, 0.1) is 17.6 Å². The number of carbonyl (C=O) groups excluding carboxylic acids is 1. The molecule has 0 saturated carbocycles. The van der Waals surface area contributed by atoms with Crippen molar-refractivity contribution in [3.8, 4) is 0 Å². The summed E-state index contributed by atoms with van der Waals surface area (Å²) in [5, 5.41) is 13.6. The largest absolute Gasteiger partial charge is 0.465 e. The SMILES string of the molecule is CNCC=Cc1ccc([N+](=O)[O-])cc1C(=O)OC. The van der Waals surface area contributed by atoms with Gasteiger partial charge in [0.25, 0.3) is 5.69 Å². The van der Waals surface area contributed by atoms with Crippen LogP contribution in [0.4, 0.5) is 5.69 Å². The Labute approximate surface area is 104 Å². The number of nitro groups is 1. The molecule has 0 aliphatic rings. The number of non-ortho nitro benzene ring substituents is 1. The second-order valence-electron chi connectivity index (χ2n) is 3.48. The molecule has 0 bridgehead atoms. The lowest BCUT2D eigenvalue weighted by molar-refractivity contribution is -0.384. The molecule has 0 atom stereocenters. The van der Waals surface area contributed by atoms with Crippen molar-refractivity contribution < 1.29 is 14.5 Å². The van der Waals surface area contributed by atoms with Crippen molar-refractivity contribution in [3.05, 3.63) is 45.5 Å². The number of rotatable bonds is 5. The van der Waals surface area contributed by atoms with E-state index in [1.54, 1.807) is 13.1 Å². The summed E-state index contributed by atoms with van der Waals surface area (Å²) in [6.45, 7) is 0.637. The Morgan fingerprint density at radius 1 is 1.56 bits per heavy atom. The van der Waals surface area contributed by atoms with E-state index in [1.807, 2.05) is 6.08 Å². The van der Waals surface area contributed by atoms with Gasteiger partial charge in [0.2, 0.25) is 0 Å². The van der Waals surface area contributed by atoms with E-state index in [0.29, 0.717) is 12.1 Å². The maximum Gasteiger partial charge on any atom is 0.338 e. The lowest BCUT2D eigenvalue weighted by atomic mass is 10.1. The third-order valence-electron chi connectivity index (χ3n) is 2.27. The summed E-state index contributed by atoms with van der Waals surface area (Å²) in [6.07, 6.45) is 3.53. The Morgan fingerprint density at radius 3 is 2.83 bits per heavy atom. The Kier molecular flexibility index (Phi) is 5.01. The monoisotopic (exact) mass is 250 g/mol. The fourth-order valence-electron chi connectivity index (χ4n) is 1.39. The predicted octanol–water partition coefficient (Wildman–Crippen LogP) is 1.61. The summed E-state index contributed by atoms with van der Waals surface area (Å²) in [7, 11) is 3.03. The minimum atomic E-state index is -0.595. The minimum Gasteiger partial charge on any atom is -0.465 e. The lowest BCUT2D eigenvalue weighted by Crippen LogP contribution is -2.06. The van der Waals surface area contributed by atoms with Crippen molar-refractivity contribution in [1.29, 1.82) is 0 Å². The fourth-order valence-corrected chi connectivity index (χ4v) is 1.39. The van der Waals surface area contributed by atoms with Crippen molar-refractivity contribution in [3.63, 3.8) is 0 Å². The van der Waals surface area contributed by atoms with Crippen LogP contribution in [0, 0.1) is 10.1 Å². The van der Waals surface area contributed by atoms with Gasteiger partial charge in [-0.15, -0.1) is 0 Å². The van der Waals surface area contributed by atoms with E-state index in [1.165, 1.54) is 25.3 Å². The topological polar surface area (TPSA) is 81.5 Å². The first-order valence-corrected chi connectivity index (χ1v) is 5.28. The Hall–Kier alpha value is -2.21. The number of methoxy groups -OCH3 is 1. The van der Waals surface area contributed by atoms with Gasteiger partial charge in [-0.05, 0) is 18.7 Å². The van der Waals surface area contributed by atoms with Crippen LogP contribution in [-0.2, 0) is 4.74 Å². The Morgan fingerprint density at radius 2 is 2.28 bits per heavy atom. The molecule has 0 saturated heterocycles. The molecule has 1 rings (SSSR count). The van der Waals surface area contributed by atoms with Crippen molar-refractivity contribution >= 4 is 17.7 Å². The van der Waals surface area contributed by atoms with Gasteiger partial charge in [-0.25, -0.2) is 4.79 Å². The number of nitrogens with one attached hydrogen (secondary N) is 1. The highest BCUT2D eigenvalue weighted by Crippen LogP contribution is 2.19. The molecular weight excluding hydrogens is 236 g/mol. The second kappa shape index (κ2) is 6.51. The Balaban J connectivity index is 3.16. The zero-order valence-corrected chi connectivity index (χ0v) is 10.2. The summed E-state index contributed by atoms with van der Waals surface area (Å²) in [5.41, 5.74) is 0.628. The summed E-state index contributed by atoms with van der Waals surface area (Å²) in [6, 6.07) is 4.09. The lowest BCUT2D eigenvalue weighted by Gasteiger charge is -2.04. The number of nitrogens with zero attached hydrogens (tertiary/aromatic N) is 1. The fraction of sp³-hybridized carbons (Fsp3) is 0.250. The maximum atomic E-state index is 11.5. The van der Waals surface area contributed by atoms with Crippen LogP contribution in [0.5, 0.6) is 0 Å². The molecule has 6 nitrogen and oxygen atoms in total. The van der Waals surface area contributed by atoms with Gasteiger partial charge in [-0.3, -0.25) is 10.1 Å². The number of nitro benzene ring substituents is 1. The van der Waals surface area contributed by atoms with E-state index >= 15 is 0 Å². The van der Waals surface area contributed by atoms with Crippen molar-refractivity contribution in [2.45, 2.75) is 0 Å². The number of esters is 1. The van der Waals surface area contributed by atoms with Crippen LogP contribution in [0.3, 0.4) is 0 Å². The summed E-state index contributed by atoms with van der Waals surface area (Å²) in [4.78, 5) is 21.7. The molecule has 0 unspecified atom stereocenters. The first-order valence-electron chi connectivity index (χ1n) is 5.28. The maximum absolute atomic E-state index is 11.5. The molecule has 6 heteroatoms. The van der Waals surface area contributed by atoms with Crippen molar-refractivity contribution in [2.24, 2.45) is 0 Å². The standard InChI is InChI=1S/C12H14N2O4/c1-13-7-3-4-9-5-6-10(14(16)17)8-11(9)12(15)18-2/h3-6,8,13H,7H2,1-2H3. The number of benzene rings is 1. The van der Waals surface area contributed by atoms with Crippen LogP contribution in [0.2, 0.25) is 0 Å². The molecule has 0 fully saturated rings. The van der Waals surface area contributed by atoms with E-state index in [4.69, 9.17) is 0 Å². The van der Waals surface area contributed by atoms with E-state index in [9.17, 15) is 14.9 Å². The molecule has 0 amide bonds. The van der Waals surface area contributed by atoms with Gasteiger partial charge in [0.15, 0.2) is 0 Å². The van der Waals surface area contributed by atoms with Crippen LogP contribution in [0.15, 0.2) is 24.3 Å². The highest BCUT2D eigenvalue weighted by molar-refractivity contribution is 5.94. The average molecular weight is 250 g/mol. The van der Waals surface area contributed by atoms with Crippen molar-refractivity contribution in [1.82, 2.24) is 5.32 Å². The third kappa shape index (κ3) is 3.39. The van der Waals surface area contributed by atoms with Crippen LogP contribution < -0.4 is 5.32 Å². The first kappa shape index (κ1) is 13.9. The van der Waals surface area contributed by atoms with E-state index in [0.717, 1.165) is 0 Å². The number of ether oxygens (including phenoxy) is 1. The van der Waals surface area contributed by atoms with Gasteiger partial charge < -0.3 is 10.1 Å². The normalized spacial score (nSPS) is 10.6. The molecule has 0 radical (unpaired) electrons. The summed E-state index contributed by atoms with van der Waals surface area (Å²) >= 11 is 0. The van der Waals surface area contributed by atoms with E-state index in [2.05, 4.69) is 10.1 Å². The molecule has 96 valence electrons. The zero-order chi connectivity index (χ0) is 13.5. The smallest absolute Gasteiger partial charge is 0.338 e. The summed E-state index contributed by atoms with van der Waals surface area (Å²) in [5.74, 6) is -0.595. The highest BCUT2D eigenvalue weighted by Gasteiger charge is 2.15. The molecule has 0 aromatic heterocycles. The predicted molar refractivity (Wildman–Crippen MR) is 67.4 cm³/mol. The molecule has 0 aliphatic carbocycles. The van der Waals surface area contributed by atoms with Crippen LogP contribution >= 0.6 is 0 Å². The molecule has 18 heavy (non-hydrogen) atoms.